The summed E-state index contributed by atoms with van der Waals surface area (Å²) in [6, 6.07) is -0.0549. The van der Waals surface area contributed by atoms with Crippen LogP contribution in [0.4, 0.5) is 4.79 Å². The van der Waals surface area contributed by atoms with Crippen molar-refractivity contribution in [3.8, 4) is 0 Å². The number of nitrogens with one attached hydrogen (secondary N) is 3. The molecule has 0 bridgehead atoms. The Hall–Kier alpha value is -1.77. The summed E-state index contributed by atoms with van der Waals surface area (Å²) in [4.78, 5) is 45.8. The van der Waals surface area contributed by atoms with E-state index in [9.17, 15) is 19.2 Å². The zero-order valence-corrected chi connectivity index (χ0v) is 16.5. The highest BCUT2D eigenvalue weighted by molar-refractivity contribution is 8.00. The van der Waals surface area contributed by atoms with Gasteiger partial charge in [-0.15, -0.1) is 0 Å². The zero-order chi connectivity index (χ0) is 19.8. The Bertz CT molecular complexity index is 571. The first-order chi connectivity index (χ1) is 12.9. The van der Waals surface area contributed by atoms with E-state index >= 15 is 0 Å². The van der Waals surface area contributed by atoms with Gasteiger partial charge in [0.05, 0.1) is 18.5 Å². The fourth-order valence-corrected chi connectivity index (χ4v) is 5.04. The van der Waals surface area contributed by atoms with Crippen LogP contribution in [0.1, 0.15) is 58.3 Å². The average molecular weight is 400 g/mol. The standard InChI is InChI=1S/C18H29N3O5S/c1-2-11(9-16(24)25)19-15(23)8-7-12(22)5-3-4-6-14-17-13(10-27-14)20-18(26)21-17/h11,13-14,17H,2-10H2,1H3,(H,19,23)(H,24,25)(H2,20,21,26)/t11?,13-,14-,17-/m1/s1. The van der Waals surface area contributed by atoms with Gasteiger partial charge >= 0.3 is 12.0 Å². The van der Waals surface area contributed by atoms with Gasteiger partial charge in [0.1, 0.15) is 5.78 Å². The number of aliphatic carboxylic acids is 1. The van der Waals surface area contributed by atoms with Crippen LogP contribution in [-0.2, 0) is 14.4 Å². The van der Waals surface area contributed by atoms with Gasteiger partial charge in [-0.3, -0.25) is 14.4 Å². The molecule has 9 heteroatoms. The maximum Gasteiger partial charge on any atom is 0.315 e. The van der Waals surface area contributed by atoms with Crippen LogP contribution in [-0.4, -0.2) is 57.9 Å². The molecule has 4 atom stereocenters. The minimum atomic E-state index is -0.946. The Balaban J connectivity index is 1.55. The van der Waals surface area contributed by atoms with E-state index in [1.165, 1.54) is 0 Å². The van der Waals surface area contributed by atoms with E-state index in [0.717, 1.165) is 25.0 Å². The number of hydrogen-bond donors (Lipinski definition) is 4. The molecule has 2 rings (SSSR count). The molecule has 0 aromatic rings. The van der Waals surface area contributed by atoms with Gasteiger partial charge in [0.2, 0.25) is 5.91 Å². The van der Waals surface area contributed by atoms with Gasteiger partial charge in [0, 0.05) is 36.3 Å². The fraction of sp³-hybridized carbons (Fsp3) is 0.778. The number of hydrogen-bond acceptors (Lipinski definition) is 5. The van der Waals surface area contributed by atoms with Crippen LogP contribution in [0.15, 0.2) is 0 Å². The van der Waals surface area contributed by atoms with Gasteiger partial charge in [-0.25, -0.2) is 4.79 Å². The highest BCUT2D eigenvalue weighted by Gasteiger charge is 2.42. The quantitative estimate of drug-likeness (QED) is 0.291. The minimum Gasteiger partial charge on any atom is -0.481 e. The molecular weight excluding hydrogens is 370 g/mol. The van der Waals surface area contributed by atoms with Crippen molar-refractivity contribution in [2.45, 2.75) is 81.7 Å². The first-order valence-corrected chi connectivity index (χ1v) is 10.7. The topological polar surface area (TPSA) is 125 Å². The Labute approximate surface area is 163 Å². The predicted octanol–water partition coefficient (Wildman–Crippen LogP) is 1.43. The van der Waals surface area contributed by atoms with Crippen molar-refractivity contribution in [2.24, 2.45) is 0 Å². The molecule has 27 heavy (non-hydrogen) atoms. The normalized spacial score (nSPS) is 24.6. The number of ketones is 1. The molecule has 8 nitrogen and oxygen atoms in total. The second kappa shape index (κ2) is 10.5. The molecule has 3 amide bonds. The molecule has 2 fully saturated rings. The molecule has 0 aliphatic carbocycles. The lowest BCUT2D eigenvalue weighted by Crippen LogP contribution is -2.36. The van der Waals surface area contributed by atoms with Gasteiger partial charge < -0.3 is 21.1 Å². The number of rotatable bonds is 12. The Morgan fingerprint density at radius 2 is 2.00 bits per heavy atom. The molecule has 152 valence electrons. The van der Waals surface area contributed by atoms with Crippen molar-refractivity contribution in [3.63, 3.8) is 0 Å². The van der Waals surface area contributed by atoms with Crippen molar-refractivity contribution < 1.29 is 24.3 Å². The van der Waals surface area contributed by atoms with Crippen molar-refractivity contribution in [1.29, 1.82) is 0 Å². The fourth-order valence-electron chi connectivity index (χ4n) is 3.50. The molecule has 0 spiro atoms. The molecular formula is C18H29N3O5S. The summed E-state index contributed by atoms with van der Waals surface area (Å²) in [6.07, 6.45) is 3.87. The van der Waals surface area contributed by atoms with Crippen LogP contribution in [0.3, 0.4) is 0 Å². The number of carbonyl (C=O) groups is 4. The Morgan fingerprint density at radius 3 is 2.70 bits per heavy atom. The largest absolute Gasteiger partial charge is 0.481 e. The van der Waals surface area contributed by atoms with E-state index in [2.05, 4.69) is 16.0 Å². The molecule has 2 aliphatic rings. The van der Waals surface area contributed by atoms with E-state index in [-0.39, 0.29) is 55.1 Å². The molecule has 2 aliphatic heterocycles. The number of fused-ring (bicyclic) bond motifs is 1. The average Bonchev–Trinajstić information content (AvgIpc) is 3.15. The van der Waals surface area contributed by atoms with E-state index in [1.54, 1.807) is 0 Å². The molecule has 0 aromatic heterocycles. The third-order valence-electron chi connectivity index (χ3n) is 5.04. The molecule has 2 heterocycles. The Morgan fingerprint density at radius 1 is 1.22 bits per heavy atom. The summed E-state index contributed by atoms with van der Waals surface area (Å²) in [5.41, 5.74) is 0. The molecule has 2 saturated heterocycles. The van der Waals surface area contributed by atoms with Crippen LogP contribution in [0.5, 0.6) is 0 Å². The number of Topliss-reactive ketones (excluding diaryl/α,β-unsaturated/α-hetero) is 1. The van der Waals surface area contributed by atoms with Gasteiger partial charge in [-0.1, -0.05) is 13.3 Å². The van der Waals surface area contributed by atoms with E-state index in [0.29, 0.717) is 18.1 Å². The predicted molar refractivity (Wildman–Crippen MR) is 103 cm³/mol. The van der Waals surface area contributed by atoms with Gasteiger partial charge in [-0.2, -0.15) is 11.8 Å². The minimum absolute atomic E-state index is 0.0595. The lowest BCUT2D eigenvalue weighted by molar-refractivity contribution is -0.138. The van der Waals surface area contributed by atoms with Crippen molar-refractivity contribution in [1.82, 2.24) is 16.0 Å². The first-order valence-electron chi connectivity index (χ1n) is 9.60. The number of urea groups is 1. The van der Waals surface area contributed by atoms with Crippen LogP contribution in [0.25, 0.3) is 0 Å². The first kappa shape index (κ1) is 21.5. The summed E-state index contributed by atoms with van der Waals surface area (Å²) in [7, 11) is 0. The smallest absolute Gasteiger partial charge is 0.315 e. The number of carbonyl (C=O) groups excluding carboxylic acids is 3. The summed E-state index contributed by atoms with van der Waals surface area (Å²) >= 11 is 1.86. The van der Waals surface area contributed by atoms with Crippen molar-refractivity contribution in [2.75, 3.05) is 5.75 Å². The second-order valence-corrected chi connectivity index (χ2v) is 8.45. The number of thioether (sulfide) groups is 1. The highest BCUT2D eigenvalue weighted by Crippen LogP contribution is 2.33. The second-order valence-electron chi connectivity index (χ2n) is 7.18. The van der Waals surface area contributed by atoms with Crippen LogP contribution >= 0.6 is 11.8 Å². The Kier molecular flexibility index (Phi) is 8.40. The zero-order valence-electron chi connectivity index (χ0n) is 15.7. The van der Waals surface area contributed by atoms with Crippen LogP contribution in [0, 0.1) is 0 Å². The molecule has 1 unspecified atom stereocenters. The number of amides is 3. The summed E-state index contributed by atoms with van der Waals surface area (Å²) < 4.78 is 0. The summed E-state index contributed by atoms with van der Waals surface area (Å²) in [5, 5.41) is 17.7. The van der Waals surface area contributed by atoms with Crippen molar-refractivity contribution in [3.05, 3.63) is 0 Å². The maximum absolute atomic E-state index is 12.0. The van der Waals surface area contributed by atoms with Crippen LogP contribution < -0.4 is 16.0 Å². The monoisotopic (exact) mass is 399 g/mol. The number of carboxylic acids is 1. The number of carboxylic acid groups (broad SMARTS) is 1. The third kappa shape index (κ3) is 7.04. The highest BCUT2D eigenvalue weighted by atomic mass is 32.2. The molecule has 0 aromatic carbocycles. The third-order valence-corrected chi connectivity index (χ3v) is 6.55. The van der Waals surface area contributed by atoms with Gasteiger partial charge in [0.15, 0.2) is 0 Å². The molecule has 0 radical (unpaired) electrons. The van der Waals surface area contributed by atoms with Gasteiger partial charge in [-0.05, 0) is 19.3 Å². The molecule has 4 N–H and O–H groups in total. The SMILES string of the molecule is CCC(CC(=O)O)NC(=O)CCC(=O)CCCC[C@H]1SC[C@H]2NC(=O)N[C@H]21. The lowest BCUT2D eigenvalue weighted by atomic mass is 10.0. The van der Waals surface area contributed by atoms with E-state index in [4.69, 9.17) is 5.11 Å². The van der Waals surface area contributed by atoms with Crippen LogP contribution in [0.2, 0.25) is 0 Å². The van der Waals surface area contributed by atoms with Gasteiger partial charge in [0.25, 0.3) is 0 Å². The van der Waals surface area contributed by atoms with Crippen molar-refractivity contribution >= 4 is 35.5 Å². The summed E-state index contributed by atoms with van der Waals surface area (Å²) in [5.74, 6) is -0.223. The summed E-state index contributed by atoms with van der Waals surface area (Å²) in [6.45, 7) is 1.82. The van der Waals surface area contributed by atoms with E-state index in [1.807, 2.05) is 18.7 Å². The molecule has 0 saturated carbocycles. The van der Waals surface area contributed by atoms with E-state index < -0.39 is 5.97 Å². The number of unbranched alkanes of at least 4 members (excludes halogenated alkanes) is 1. The lowest BCUT2D eigenvalue weighted by Gasteiger charge is -2.16. The maximum atomic E-state index is 12.0.